The molecule has 136 valence electrons. The van der Waals surface area contributed by atoms with E-state index >= 15 is 0 Å². The number of H-pyrrole nitrogens is 1. The Hall–Kier alpha value is -2.26. The van der Waals surface area contributed by atoms with Gasteiger partial charge >= 0.3 is 5.97 Å². The van der Waals surface area contributed by atoms with Crippen LogP contribution in [0.3, 0.4) is 0 Å². The zero-order chi connectivity index (χ0) is 17.9. The number of fused-ring (bicyclic) bond motifs is 1. The summed E-state index contributed by atoms with van der Waals surface area (Å²) < 4.78 is 12.7. The number of nitrogens with zero attached hydrogens (tertiary/aromatic N) is 3. The number of esters is 1. The van der Waals surface area contributed by atoms with E-state index in [2.05, 4.69) is 21.9 Å². The van der Waals surface area contributed by atoms with Crippen LogP contribution in [0.1, 0.15) is 45.3 Å². The highest BCUT2D eigenvalue weighted by Crippen LogP contribution is 2.38. The second-order valence-corrected chi connectivity index (χ2v) is 6.16. The van der Waals surface area contributed by atoms with Gasteiger partial charge in [-0.05, 0) is 19.3 Å². The van der Waals surface area contributed by atoms with Gasteiger partial charge in [0.15, 0.2) is 16.8 Å². The van der Waals surface area contributed by atoms with Crippen molar-refractivity contribution < 1.29 is 19.4 Å². The fourth-order valence-electron chi connectivity index (χ4n) is 2.98. The van der Waals surface area contributed by atoms with Gasteiger partial charge in [-0.15, -0.1) is 0 Å². The summed E-state index contributed by atoms with van der Waals surface area (Å²) in [7, 11) is 0. The number of aromatic amines is 1. The number of aliphatic hydroxyl groups is 1. The lowest BCUT2D eigenvalue weighted by Gasteiger charge is -2.25. The molecule has 1 fully saturated rings. The molecule has 2 atom stereocenters. The number of ether oxygens (including phenoxy) is 2. The second-order valence-electron chi connectivity index (χ2n) is 6.16. The highest BCUT2D eigenvalue weighted by Gasteiger charge is 2.48. The van der Waals surface area contributed by atoms with Crippen LogP contribution in [0.4, 0.5) is 0 Å². The number of aromatic nitrogens is 4. The number of imidazole rings is 1. The Balaban J connectivity index is 1.75. The lowest BCUT2D eigenvalue weighted by Crippen LogP contribution is -2.43. The Labute approximate surface area is 144 Å². The number of aliphatic hydroxyl groups excluding tert-OH is 1. The lowest BCUT2D eigenvalue weighted by atomic mass is 10.0. The summed E-state index contributed by atoms with van der Waals surface area (Å²) >= 11 is 0. The highest BCUT2D eigenvalue weighted by molar-refractivity contribution is 5.80. The Morgan fingerprint density at radius 3 is 3.12 bits per heavy atom. The van der Waals surface area contributed by atoms with Crippen LogP contribution in [0, 0.1) is 0 Å². The van der Waals surface area contributed by atoms with Crippen LogP contribution in [0.2, 0.25) is 0 Å². The fraction of sp³-hybridized carbons (Fsp3) is 0.625. The zero-order valence-corrected chi connectivity index (χ0v) is 14.1. The van der Waals surface area contributed by atoms with Crippen LogP contribution in [-0.4, -0.2) is 49.4 Å². The van der Waals surface area contributed by atoms with Crippen LogP contribution in [-0.2, 0) is 14.3 Å². The molecule has 9 heteroatoms. The van der Waals surface area contributed by atoms with E-state index < -0.39 is 24.4 Å². The van der Waals surface area contributed by atoms with Crippen LogP contribution < -0.4 is 5.56 Å². The summed E-state index contributed by atoms with van der Waals surface area (Å²) in [6.07, 6.45) is 5.79. The predicted octanol–water partition coefficient (Wildman–Crippen LogP) is 0.893. The molecule has 0 radical (unpaired) electrons. The molecule has 0 saturated carbocycles. The van der Waals surface area contributed by atoms with Crippen molar-refractivity contribution in [3.8, 4) is 0 Å². The van der Waals surface area contributed by atoms with E-state index in [0.29, 0.717) is 25.1 Å². The Kier molecular flexibility index (Phi) is 5.14. The largest absolute Gasteiger partial charge is 0.463 e. The first-order chi connectivity index (χ1) is 12.1. The van der Waals surface area contributed by atoms with Gasteiger partial charge in [0.05, 0.1) is 25.9 Å². The summed E-state index contributed by atoms with van der Waals surface area (Å²) in [6, 6.07) is 0. The third-order valence-electron chi connectivity index (χ3n) is 4.44. The fourth-order valence-corrected chi connectivity index (χ4v) is 2.98. The van der Waals surface area contributed by atoms with Crippen molar-refractivity contribution in [2.75, 3.05) is 13.2 Å². The summed E-state index contributed by atoms with van der Waals surface area (Å²) in [5.41, 5.74) is -1.15. The number of hydrogen-bond acceptors (Lipinski definition) is 7. The molecule has 3 heterocycles. The van der Waals surface area contributed by atoms with Crippen molar-refractivity contribution in [2.24, 2.45) is 0 Å². The normalized spacial score (nSPS) is 23.2. The van der Waals surface area contributed by atoms with Crippen molar-refractivity contribution >= 4 is 17.1 Å². The number of rotatable bonds is 7. The summed E-state index contributed by atoms with van der Waals surface area (Å²) in [5, 5.41) is 9.74. The van der Waals surface area contributed by atoms with Crippen molar-refractivity contribution in [1.82, 2.24) is 19.5 Å². The second kappa shape index (κ2) is 7.32. The van der Waals surface area contributed by atoms with E-state index in [1.54, 1.807) is 4.57 Å². The first kappa shape index (κ1) is 17.6. The van der Waals surface area contributed by atoms with Gasteiger partial charge in [-0.3, -0.25) is 9.36 Å². The van der Waals surface area contributed by atoms with Gasteiger partial charge in [0.2, 0.25) is 0 Å². The molecule has 0 aliphatic carbocycles. The van der Waals surface area contributed by atoms with E-state index in [0.717, 1.165) is 19.3 Å². The maximum atomic E-state index is 12.4. The minimum absolute atomic E-state index is 0.203. The standard InChI is InChI=1S/C16H22N4O5/c1-2-3-4-7-24-15(23)16(8-21)6-5-11(25-16)20-10-19-12-13(20)17-9-18-14(12)22/h9-11,21H,2-8H2,1H3,(H,17,18,22)/t11-,16+/m1/s1. The predicted molar refractivity (Wildman–Crippen MR) is 87.8 cm³/mol. The van der Waals surface area contributed by atoms with Gasteiger partial charge in [-0.25, -0.2) is 14.8 Å². The molecular formula is C16H22N4O5. The van der Waals surface area contributed by atoms with E-state index in [9.17, 15) is 14.7 Å². The SMILES string of the molecule is CCCCCOC(=O)[C@@]1(CO)CC[C@H](n2cnc3c(=O)[nH]cnc32)O1. The minimum Gasteiger partial charge on any atom is -0.463 e. The highest BCUT2D eigenvalue weighted by atomic mass is 16.6. The van der Waals surface area contributed by atoms with Crippen LogP contribution in [0.25, 0.3) is 11.2 Å². The molecule has 3 rings (SSSR count). The van der Waals surface area contributed by atoms with E-state index in [1.165, 1.54) is 12.7 Å². The van der Waals surface area contributed by atoms with Gasteiger partial charge in [-0.2, -0.15) is 0 Å². The number of hydrogen-bond donors (Lipinski definition) is 2. The lowest BCUT2D eigenvalue weighted by molar-refractivity contribution is -0.180. The van der Waals surface area contributed by atoms with Gasteiger partial charge in [0.1, 0.15) is 6.23 Å². The molecule has 0 amide bonds. The monoisotopic (exact) mass is 350 g/mol. The minimum atomic E-state index is -1.38. The number of nitrogens with one attached hydrogen (secondary N) is 1. The Morgan fingerprint density at radius 1 is 1.52 bits per heavy atom. The van der Waals surface area contributed by atoms with E-state index in [1.807, 2.05) is 0 Å². The van der Waals surface area contributed by atoms with Gasteiger partial charge in [0, 0.05) is 0 Å². The Bertz CT molecular complexity index is 801. The maximum absolute atomic E-state index is 12.4. The molecular weight excluding hydrogens is 328 g/mol. The van der Waals surface area contributed by atoms with E-state index in [-0.39, 0.29) is 11.1 Å². The quantitative estimate of drug-likeness (QED) is 0.562. The van der Waals surface area contributed by atoms with Crippen molar-refractivity contribution in [2.45, 2.75) is 50.9 Å². The first-order valence-corrected chi connectivity index (χ1v) is 8.47. The molecule has 0 unspecified atom stereocenters. The summed E-state index contributed by atoms with van der Waals surface area (Å²) in [5.74, 6) is -0.552. The molecule has 1 aliphatic rings. The van der Waals surface area contributed by atoms with Crippen molar-refractivity contribution in [1.29, 1.82) is 0 Å². The zero-order valence-electron chi connectivity index (χ0n) is 14.1. The van der Waals surface area contributed by atoms with Crippen LogP contribution in [0.15, 0.2) is 17.4 Å². The molecule has 1 saturated heterocycles. The van der Waals surface area contributed by atoms with Gasteiger partial charge in [0.25, 0.3) is 5.56 Å². The number of carbonyl (C=O) groups excluding carboxylic acids is 1. The molecule has 2 aromatic heterocycles. The Morgan fingerprint density at radius 2 is 2.36 bits per heavy atom. The van der Waals surface area contributed by atoms with Gasteiger partial charge < -0.3 is 19.6 Å². The van der Waals surface area contributed by atoms with Gasteiger partial charge in [-0.1, -0.05) is 19.8 Å². The van der Waals surface area contributed by atoms with Crippen molar-refractivity contribution in [3.05, 3.63) is 23.0 Å². The van der Waals surface area contributed by atoms with Crippen molar-refractivity contribution in [3.63, 3.8) is 0 Å². The van der Waals surface area contributed by atoms with Crippen LogP contribution in [0.5, 0.6) is 0 Å². The third kappa shape index (κ3) is 3.29. The first-order valence-electron chi connectivity index (χ1n) is 8.47. The molecule has 2 N–H and O–H groups in total. The molecule has 1 aliphatic heterocycles. The summed E-state index contributed by atoms with van der Waals surface area (Å²) in [6.45, 7) is 1.92. The average Bonchev–Trinajstić information content (AvgIpc) is 3.24. The third-order valence-corrected chi connectivity index (χ3v) is 4.44. The molecule has 0 bridgehead atoms. The number of unbranched alkanes of at least 4 members (excludes halogenated alkanes) is 2. The number of carbonyl (C=O) groups is 1. The topological polar surface area (TPSA) is 119 Å². The van der Waals surface area contributed by atoms with Crippen LogP contribution >= 0.6 is 0 Å². The molecule has 0 aromatic carbocycles. The summed E-state index contributed by atoms with van der Waals surface area (Å²) in [4.78, 5) is 34.8. The smallest absolute Gasteiger partial charge is 0.340 e. The molecule has 2 aromatic rings. The molecule has 0 spiro atoms. The maximum Gasteiger partial charge on any atom is 0.340 e. The van der Waals surface area contributed by atoms with E-state index in [4.69, 9.17) is 9.47 Å². The average molecular weight is 350 g/mol. The molecule has 9 nitrogen and oxygen atoms in total. The molecule has 25 heavy (non-hydrogen) atoms.